The van der Waals surface area contributed by atoms with Crippen molar-refractivity contribution in [2.45, 2.75) is 18.8 Å². The number of alkyl carbamates (subject to hydrolysis) is 1. The zero-order valence-corrected chi connectivity index (χ0v) is 13.0. The van der Waals surface area contributed by atoms with Crippen molar-refractivity contribution in [2.75, 3.05) is 0 Å². The van der Waals surface area contributed by atoms with Gasteiger partial charge in [-0.1, -0.05) is 36.4 Å². The maximum absolute atomic E-state index is 11.8. The van der Waals surface area contributed by atoms with Gasteiger partial charge in [-0.2, -0.15) is 0 Å². The maximum Gasteiger partial charge on any atom is 0.408 e. The summed E-state index contributed by atoms with van der Waals surface area (Å²) in [5.41, 5.74) is 0.722. The Labute approximate surface area is 142 Å². The van der Waals surface area contributed by atoms with Crippen LogP contribution < -0.4 is 5.32 Å². The number of aliphatic hydroxyl groups is 1. The number of hydrogen-bond donors (Lipinski definition) is 5. The standard InChI is InChI=1S/C17H17NO7/c19-12-7-6-11(8-13(12)20)15(21)14(16(22)23)18-17(24)25-9-10-4-2-1-3-5-10/h1-8,14-15,19-21H,9H2,(H,18,24)(H,22,23)/t14-,15?/m0/s1. The van der Waals surface area contributed by atoms with Crippen LogP contribution in [-0.2, 0) is 16.1 Å². The van der Waals surface area contributed by atoms with Gasteiger partial charge in [0.2, 0.25) is 0 Å². The molecule has 2 aromatic carbocycles. The predicted octanol–water partition coefficient (Wildman–Crippen LogP) is 1.51. The van der Waals surface area contributed by atoms with E-state index < -0.39 is 35.7 Å². The molecule has 1 amide bonds. The summed E-state index contributed by atoms with van der Waals surface area (Å²) in [5, 5.41) is 40.1. The number of phenols is 2. The number of ether oxygens (including phenoxy) is 1. The van der Waals surface area contributed by atoms with Gasteiger partial charge in [0, 0.05) is 0 Å². The number of amides is 1. The maximum atomic E-state index is 11.8. The first kappa shape index (κ1) is 18.1. The summed E-state index contributed by atoms with van der Waals surface area (Å²) in [6, 6.07) is 10.4. The Balaban J connectivity index is 2.03. The quantitative estimate of drug-likeness (QED) is 0.500. The van der Waals surface area contributed by atoms with Crippen molar-refractivity contribution in [3.8, 4) is 11.5 Å². The van der Waals surface area contributed by atoms with E-state index >= 15 is 0 Å². The number of benzene rings is 2. The van der Waals surface area contributed by atoms with E-state index in [1.165, 1.54) is 6.07 Å². The monoisotopic (exact) mass is 347 g/mol. The molecule has 8 nitrogen and oxygen atoms in total. The van der Waals surface area contributed by atoms with Crippen LogP contribution in [0.3, 0.4) is 0 Å². The second kappa shape index (κ2) is 8.02. The molecule has 0 radical (unpaired) electrons. The fourth-order valence-corrected chi connectivity index (χ4v) is 2.08. The number of nitrogens with one attached hydrogen (secondary N) is 1. The smallest absolute Gasteiger partial charge is 0.408 e. The highest BCUT2D eigenvalue weighted by Gasteiger charge is 2.30. The van der Waals surface area contributed by atoms with Gasteiger partial charge < -0.3 is 30.5 Å². The number of hydrogen-bond acceptors (Lipinski definition) is 6. The molecule has 0 aromatic heterocycles. The van der Waals surface area contributed by atoms with Crippen LogP contribution in [0.15, 0.2) is 48.5 Å². The second-order valence-electron chi connectivity index (χ2n) is 5.21. The number of phenolic OH excluding ortho intramolecular Hbond substituents is 2. The molecule has 5 N–H and O–H groups in total. The van der Waals surface area contributed by atoms with Crippen molar-refractivity contribution < 1.29 is 34.8 Å². The van der Waals surface area contributed by atoms with Crippen LogP contribution >= 0.6 is 0 Å². The summed E-state index contributed by atoms with van der Waals surface area (Å²) in [4.78, 5) is 23.1. The van der Waals surface area contributed by atoms with Gasteiger partial charge in [0.1, 0.15) is 12.7 Å². The van der Waals surface area contributed by atoms with Gasteiger partial charge in [-0.3, -0.25) is 0 Å². The first-order chi connectivity index (χ1) is 11.9. The van der Waals surface area contributed by atoms with Crippen molar-refractivity contribution in [3.63, 3.8) is 0 Å². The van der Waals surface area contributed by atoms with E-state index in [4.69, 9.17) is 4.74 Å². The molecule has 0 saturated heterocycles. The molecule has 0 aliphatic carbocycles. The van der Waals surface area contributed by atoms with E-state index in [9.17, 15) is 30.0 Å². The lowest BCUT2D eigenvalue weighted by Gasteiger charge is -2.20. The van der Waals surface area contributed by atoms with Crippen LogP contribution in [0.25, 0.3) is 0 Å². The van der Waals surface area contributed by atoms with Gasteiger partial charge in [0.15, 0.2) is 17.5 Å². The van der Waals surface area contributed by atoms with Gasteiger partial charge in [0.25, 0.3) is 0 Å². The third-order valence-corrected chi connectivity index (χ3v) is 3.41. The van der Waals surface area contributed by atoms with Gasteiger partial charge in [-0.25, -0.2) is 9.59 Å². The van der Waals surface area contributed by atoms with Crippen molar-refractivity contribution in [1.29, 1.82) is 0 Å². The van der Waals surface area contributed by atoms with Crippen LogP contribution in [0.2, 0.25) is 0 Å². The van der Waals surface area contributed by atoms with E-state index in [-0.39, 0.29) is 12.2 Å². The molecule has 0 bridgehead atoms. The largest absolute Gasteiger partial charge is 0.504 e. The Morgan fingerprint density at radius 2 is 1.72 bits per heavy atom. The highest BCUT2D eigenvalue weighted by Crippen LogP contribution is 2.29. The normalized spacial score (nSPS) is 12.8. The Morgan fingerprint density at radius 1 is 1.04 bits per heavy atom. The van der Waals surface area contributed by atoms with E-state index in [1.807, 2.05) is 0 Å². The second-order valence-corrected chi connectivity index (χ2v) is 5.21. The fourth-order valence-electron chi connectivity index (χ4n) is 2.08. The van der Waals surface area contributed by atoms with E-state index in [0.29, 0.717) is 5.56 Å². The molecule has 0 heterocycles. The van der Waals surface area contributed by atoms with Crippen molar-refractivity contribution in [2.24, 2.45) is 0 Å². The number of carbonyl (C=O) groups is 2. The van der Waals surface area contributed by atoms with E-state index in [1.54, 1.807) is 30.3 Å². The molecule has 2 atom stereocenters. The third-order valence-electron chi connectivity index (χ3n) is 3.41. The summed E-state index contributed by atoms with van der Waals surface area (Å²) in [6.07, 6.45) is -2.67. The summed E-state index contributed by atoms with van der Waals surface area (Å²) in [6.45, 7) is -0.0604. The van der Waals surface area contributed by atoms with Gasteiger partial charge in [-0.15, -0.1) is 0 Å². The molecule has 1 unspecified atom stereocenters. The number of carboxylic acid groups (broad SMARTS) is 1. The van der Waals surface area contributed by atoms with E-state index in [0.717, 1.165) is 12.1 Å². The molecule has 2 aromatic rings. The van der Waals surface area contributed by atoms with Crippen LogP contribution in [0.4, 0.5) is 4.79 Å². The van der Waals surface area contributed by atoms with Gasteiger partial charge >= 0.3 is 12.1 Å². The minimum absolute atomic E-state index is 0.00561. The number of aromatic hydroxyl groups is 2. The van der Waals surface area contributed by atoms with Gasteiger partial charge in [0.05, 0.1) is 0 Å². The average Bonchev–Trinajstić information content (AvgIpc) is 2.60. The summed E-state index contributed by atoms with van der Waals surface area (Å²) >= 11 is 0. The lowest BCUT2D eigenvalue weighted by molar-refractivity contribution is -0.142. The van der Waals surface area contributed by atoms with Crippen LogP contribution in [0.1, 0.15) is 17.2 Å². The van der Waals surface area contributed by atoms with Crippen LogP contribution in [0, 0.1) is 0 Å². The SMILES string of the molecule is O=C(N[C@H](C(=O)O)C(O)c1ccc(O)c(O)c1)OCc1ccccc1. The molecule has 0 aliphatic rings. The lowest BCUT2D eigenvalue weighted by Crippen LogP contribution is -2.45. The number of aliphatic carboxylic acids is 1. The Kier molecular flexibility index (Phi) is 5.80. The molecule has 8 heteroatoms. The van der Waals surface area contributed by atoms with E-state index in [2.05, 4.69) is 5.32 Å². The molecule has 0 fully saturated rings. The molecular weight excluding hydrogens is 330 g/mol. The van der Waals surface area contributed by atoms with Crippen molar-refractivity contribution in [3.05, 3.63) is 59.7 Å². The van der Waals surface area contributed by atoms with Crippen molar-refractivity contribution >= 4 is 12.1 Å². The molecule has 0 saturated carbocycles. The fraction of sp³-hybridized carbons (Fsp3) is 0.176. The van der Waals surface area contributed by atoms with Gasteiger partial charge in [-0.05, 0) is 23.3 Å². The van der Waals surface area contributed by atoms with Crippen molar-refractivity contribution in [1.82, 2.24) is 5.32 Å². The van der Waals surface area contributed by atoms with Crippen LogP contribution in [0.5, 0.6) is 11.5 Å². The summed E-state index contributed by atoms with van der Waals surface area (Å²) in [5.74, 6) is -2.43. The molecular formula is C17H17NO7. The topological polar surface area (TPSA) is 136 Å². The predicted molar refractivity (Wildman–Crippen MR) is 85.9 cm³/mol. The first-order valence-corrected chi connectivity index (χ1v) is 7.28. The Hall–Kier alpha value is -3.26. The summed E-state index contributed by atoms with van der Waals surface area (Å²) < 4.78 is 4.92. The molecule has 25 heavy (non-hydrogen) atoms. The number of rotatable bonds is 6. The van der Waals surface area contributed by atoms with Crippen LogP contribution in [-0.4, -0.2) is 38.5 Å². The number of carboxylic acids is 1. The lowest BCUT2D eigenvalue weighted by atomic mass is 10.0. The first-order valence-electron chi connectivity index (χ1n) is 7.28. The summed E-state index contributed by atoms with van der Waals surface area (Å²) in [7, 11) is 0. The third kappa shape index (κ3) is 4.85. The average molecular weight is 347 g/mol. The molecule has 2 rings (SSSR count). The number of aliphatic hydroxyl groups excluding tert-OH is 1. The minimum atomic E-state index is -1.70. The molecule has 132 valence electrons. The Bertz CT molecular complexity index is 748. The Morgan fingerprint density at radius 3 is 2.32 bits per heavy atom. The highest BCUT2D eigenvalue weighted by atomic mass is 16.5. The zero-order chi connectivity index (χ0) is 18.4. The zero-order valence-electron chi connectivity index (χ0n) is 13.0. The number of carbonyl (C=O) groups excluding carboxylic acids is 1. The minimum Gasteiger partial charge on any atom is -0.504 e. The molecule has 0 spiro atoms. The molecule has 0 aliphatic heterocycles. The highest BCUT2D eigenvalue weighted by molar-refractivity contribution is 5.80.